The van der Waals surface area contributed by atoms with Gasteiger partial charge in [0, 0.05) is 12.6 Å². The van der Waals surface area contributed by atoms with E-state index in [1.807, 2.05) is 0 Å². The van der Waals surface area contributed by atoms with Crippen molar-refractivity contribution < 1.29 is 0 Å². The maximum absolute atomic E-state index is 5.57. The molecule has 1 saturated heterocycles. The lowest BCUT2D eigenvalue weighted by Crippen LogP contribution is -2.30. The van der Waals surface area contributed by atoms with Gasteiger partial charge in [0.1, 0.15) is 0 Å². The minimum atomic E-state index is 0.611. The molecule has 1 fully saturated rings. The Morgan fingerprint density at radius 3 is 3.19 bits per heavy atom. The smallest absolute Gasteiger partial charge is 0.151 e. The second-order valence-electron chi connectivity index (χ2n) is 4.51. The molecule has 88 valence electrons. The van der Waals surface area contributed by atoms with Crippen molar-refractivity contribution in [1.29, 1.82) is 0 Å². The number of anilines is 1. The molecule has 4 nitrogen and oxygen atoms in total. The van der Waals surface area contributed by atoms with Crippen molar-refractivity contribution in [2.45, 2.75) is 38.6 Å². The Kier molecular flexibility index (Phi) is 3.72. The van der Waals surface area contributed by atoms with E-state index in [1.54, 1.807) is 6.20 Å². The highest BCUT2D eigenvalue weighted by atomic mass is 15.3. The van der Waals surface area contributed by atoms with Crippen molar-refractivity contribution in [1.82, 2.24) is 10.2 Å². The van der Waals surface area contributed by atoms with E-state index in [0.29, 0.717) is 6.04 Å². The highest BCUT2D eigenvalue weighted by Crippen LogP contribution is 2.26. The van der Waals surface area contributed by atoms with Crippen LogP contribution in [-0.4, -0.2) is 29.3 Å². The van der Waals surface area contributed by atoms with Gasteiger partial charge in [0.15, 0.2) is 5.82 Å². The Morgan fingerprint density at radius 1 is 1.56 bits per heavy atom. The Bertz CT molecular complexity index is 340. The molecule has 1 aliphatic heterocycles. The number of hydrogen-bond donors (Lipinski definition) is 1. The van der Waals surface area contributed by atoms with Gasteiger partial charge < -0.3 is 10.6 Å². The first-order chi connectivity index (χ1) is 7.81. The number of nitrogens with zero attached hydrogens (tertiary/aromatic N) is 3. The van der Waals surface area contributed by atoms with Crippen LogP contribution < -0.4 is 10.6 Å². The number of aromatic nitrogens is 2. The lowest BCUT2D eigenvalue weighted by Gasteiger charge is -2.25. The third-order valence-corrected chi connectivity index (χ3v) is 3.19. The summed E-state index contributed by atoms with van der Waals surface area (Å²) in [6.07, 6.45) is 6.58. The highest BCUT2D eigenvalue weighted by molar-refractivity contribution is 5.41. The van der Waals surface area contributed by atoms with Crippen LogP contribution in [0, 0.1) is 6.92 Å². The van der Waals surface area contributed by atoms with E-state index in [-0.39, 0.29) is 0 Å². The zero-order valence-electron chi connectivity index (χ0n) is 9.89. The first-order valence-corrected chi connectivity index (χ1v) is 6.07. The summed E-state index contributed by atoms with van der Waals surface area (Å²) in [5.74, 6) is 1.03. The van der Waals surface area contributed by atoms with Crippen molar-refractivity contribution in [2.75, 3.05) is 18.0 Å². The van der Waals surface area contributed by atoms with Crippen LogP contribution in [0.15, 0.2) is 12.3 Å². The summed E-state index contributed by atoms with van der Waals surface area (Å²) < 4.78 is 0. The fraction of sp³-hybridized carbons (Fsp3) is 0.667. The summed E-state index contributed by atoms with van der Waals surface area (Å²) in [5.41, 5.74) is 6.74. The monoisotopic (exact) mass is 220 g/mol. The van der Waals surface area contributed by atoms with Crippen LogP contribution in [0.25, 0.3) is 0 Å². The van der Waals surface area contributed by atoms with Crippen molar-refractivity contribution >= 4 is 5.82 Å². The molecule has 1 unspecified atom stereocenters. The fourth-order valence-corrected chi connectivity index (χ4v) is 2.38. The van der Waals surface area contributed by atoms with E-state index in [2.05, 4.69) is 28.1 Å². The molecule has 0 saturated carbocycles. The van der Waals surface area contributed by atoms with Gasteiger partial charge in [-0.3, -0.25) is 0 Å². The van der Waals surface area contributed by atoms with Crippen LogP contribution >= 0.6 is 0 Å². The second kappa shape index (κ2) is 5.25. The number of rotatable bonds is 4. The molecule has 4 heteroatoms. The zero-order chi connectivity index (χ0) is 11.4. The number of hydrogen-bond acceptors (Lipinski definition) is 4. The van der Waals surface area contributed by atoms with E-state index in [1.165, 1.54) is 24.8 Å². The Morgan fingerprint density at radius 2 is 2.44 bits per heavy atom. The Balaban J connectivity index is 2.07. The summed E-state index contributed by atoms with van der Waals surface area (Å²) in [4.78, 5) is 2.38. The standard InChI is InChI=1S/C12H20N4/c1-10-8-12(15-14-9-10)16-7-3-5-11(16)4-2-6-13/h8-9,11H,2-7,13H2,1H3. The van der Waals surface area contributed by atoms with Crippen molar-refractivity contribution in [2.24, 2.45) is 5.73 Å². The van der Waals surface area contributed by atoms with Crippen molar-refractivity contribution in [3.05, 3.63) is 17.8 Å². The van der Waals surface area contributed by atoms with Gasteiger partial charge in [0.2, 0.25) is 0 Å². The molecule has 0 radical (unpaired) electrons. The average Bonchev–Trinajstić information content (AvgIpc) is 2.74. The zero-order valence-corrected chi connectivity index (χ0v) is 9.89. The Labute approximate surface area is 96.9 Å². The average molecular weight is 220 g/mol. The molecule has 16 heavy (non-hydrogen) atoms. The second-order valence-corrected chi connectivity index (χ2v) is 4.51. The van der Waals surface area contributed by atoms with Crippen LogP contribution in [0.1, 0.15) is 31.2 Å². The van der Waals surface area contributed by atoms with Gasteiger partial charge in [-0.15, -0.1) is 5.10 Å². The summed E-state index contributed by atoms with van der Waals surface area (Å²) in [7, 11) is 0. The normalized spacial score (nSPS) is 20.4. The molecular formula is C12H20N4. The van der Waals surface area contributed by atoms with Crippen LogP contribution in [0.3, 0.4) is 0 Å². The molecule has 1 aliphatic rings. The largest absolute Gasteiger partial charge is 0.352 e. The fourth-order valence-electron chi connectivity index (χ4n) is 2.38. The van der Waals surface area contributed by atoms with Gasteiger partial charge in [-0.05, 0) is 50.8 Å². The lowest BCUT2D eigenvalue weighted by atomic mass is 10.1. The van der Waals surface area contributed by atoms with E-state index in [4.69, 9.17) is 5.73 Å². The number of aryl methyl sites for hydroxylation is 1. The van der Waals surface area contributed by atoms with Crippen LogP contribution in [0.2, 0.25) is 0 Å². The molecule has 1 atom stereocenters. The molecular weight excluding hydrogens is 200 g/mol. The van der Waals surface area contributed by atoms with E-state index in [9.17, 15) is 0 Å². The predicted molar refractivity (Wildman–Crippen MR) is 65.4 cm³/mol. The molecule has 1 aromatic rings. The first-order valence-electron chi connectivity index (χ1n) is 6.07. The minimum absolute atomic E-state index is 0.611. The van der Waals surface area contributed by atoms with Gasteiger partial charge in [0.05, 0.1) is 6.20 Å². The molecule has 0 aliphatic carbocycles. The molecule has 0 aromatic carbocycles. The van der Waals surface area contributed by atoms with Gasteiger partial charge >= 0.3 is 0 Å². The van der Waals surface area contributed by atoms with Crippen LogP contribution in [0.4, 0.5) is 5.82 Å². The summed E-state index contributed by atoms with van der Waals surface area (Å²) >= 11 is 0. The van der Waals surface area contributed by atoms with Gasteiger partial charge in [-0.25, -0.2) is 0 Å². The van der Waals surface area contributed by atoms with Crippen molar-refractivity contribution in [3.8, 4) is 0 Å². The summed E-state index contributed by atoms with van der Waals surface area (Å²) in [5, 5.41) is 8.25. The predicted octanol–water partition coefficient (Wildman–Crippen LogP) is 1.49. The third-order valence-electron chi connectivity index (χ3n) is 3.19. The first kappa shape index (κ1) is 11.3. The topological polar surface area (TPSA) is 55.0 Å². The third kappa shape index (κ3) is 2.50. The van der Waals surface area contributed by atoms with E-state index >= 15 is 0 Å². The van der Waals surface area contributed by atoms with E-state index < -0.39 is 0 Å². The van der Waals surface area contributed by atoms with Crippen LogP contribution in [0.5, 0.6) is 0 Å². The highest BCUT2D eigenvalue weighted by Gasteiger charge is 2.25. The molecule has 1 aromatic heterocycles. The molecule has 2 N–H and O–H groups in total. The minimum Gasteiger partial charge on any atom is -0.352 e. The SMILES string of the molecule is Cc1cnnc(N2CCCC2CCCN)c1. The quantitative estimate of drug-likeness (QED) is 0.835. The van der Waals surface area contributed by atoms with Gasteiger partial charge in [-0.1, -0.05) is 0 Å². The van der Waals surface area contributed by atoms with Crippen LogP contribution in [-0.2, 0) is 0 Å². The Hall–Kier alpha value is -1.16. The van der Waals surface area contributed by atoms with Crippen molar-refractivity contribution in [3.63, 3.8) is 0 Å². The lowest BCUT2D eigenvalue weighted by molar-refractivity contribution is 0.580. The molecule has 2 rings (SSSR count). The molecule has 0 spiro atoms. The van der Waals surface area contributed by atoms with E-state index in [0.717, 1.165) is 25.3 Å². The summed E-state index contributed by atoms with van der Waals surface area (Å²) in [6.45, 7) is 3.94. The molecule has 2 heterocycles. The maximum atomic E-state index is 5.57. The molecule has 0 amide bonds. The maximum Gasteiger partial charge on any atom is 0.151 e. The number of nitrogens with two attached hydrogens (primary N) is 1. The van der Waals surface area contributed by atoms with Gasteiger partial charge in [-0.2, -0.15) is 5.10 Å². The van der Waals surface area contributed by atoms with Gasteiger partial charge in [0.25, 0.3) is 0 Å². The summed E-state index contributed by atoms with van der Waals surface area (Å²) in [6, 6.07) is 2.73. The molecule has 0 bridgehead atoms.